The quantitative estimate of drug-likeness (QED) is 0.718. The van der Waals surface area contributed by atoms with Gasteiger partial charge in [0.15, 0.2) is 0 Å². The van der Waals surface area contributed by atoms with E-state index in [9.17, 15) is 9.70 Å². The summed E-state index contributed by atoms with van der Waals surface area (Å²) in [6, 6.07) is 5.03. The van der Waals surface area contributed by atoms with Crippen LogP contribution in [0.3, 0.4) is 0 Å². The van der Waals surface area contributed by atoms with Crippen LogP contribution < -0.4 is 0 Å². The lowest BCUT2D eigenvalue weighted by Gasteiger charge is -2.03. The standard InChI is InChI=1S/C9H8N2O3/c12-9(13)7-3-1-2-6-4-11(10-14)5-8(6)7/h1-3H,4-5H2,(H,12,13). The highest BCUT2D eigenvalue weighted by Crippen LogP contribution is 2.25. The molecule has 14 heavy (non-hydrogen) atoms. The van der Waals surface area contributed by atoms with Crippen molar-refractivity contribution in [2.45, 2.75) is 13.1 Å². The zero-order valence-electron chi connectivity index (χ0n) is 7.30. The zero-order chi connectivity index (χ0) is 10.1. The van der Waals surface area contributed by atoms with Crippen molar-refractivity contribution < 1.29 is 9.90 Å². The maximum atomic E-state index is 10.8. The lowest BCUT2D eigenvalue weighted by atomic mass is 10.0. The van der Waals surface area contributed by atoms with E-state index in [0.29, 0.717) is 18.7 Å². The molecule has 0 atom stereocenters. The SMILES string of the molecule is O=NN1Cc2cccc(C(=O)O)c2C1. The molecule has 0 fully saturated rings. The highest BCUT2D eigenvalue weighted by molar-refractivity contribution is 5.89. The summed E-state index contributed by atoms with van der Waals surface area (Å²) in [5, 5.41) is 13.0. The number of carboxylic acids is 1. The minimum Gasteiger partial charge on any atom is -0.478 e. The molecule has 72 valence electrons. The molecule has 2 rings (SSSR count). The molecule has 0 saturated heterocycles. The first kappa shape index (κ1) is 8.68. The van der Waals surface area contributed by atoms with Gasteiger partial charge in [-0.3, -0.25) is 5.01 Å². The van der Waals surface area contributed by atoms with Gasteiger partial charge >= 0.3 is 5.97 Å². The highest BCUT2D eigenvalue weighted by Gasteiger charge is 2.23. The van der Waals surface area contributed by atoms with Crippen molar-refractivity contribution in [1.82, 2.24) is 5.01 Å². The van der Waals surface area contributed by atoms with E-state index in [1.807, 2.05) is 6.07 Å². The van der Waals surface area contributed by atoms with Gasteiger partial charge in [0, 0.05) is 0 Å². The Morgan fingerprint density at radius 3 is 2.86 bits per heavy atom. The summed E-state index contributed by atoms with van der Waals surface area (Å²) in [6.07, 6.45) is 0. The molecule has 5 nitrogen and oxygen atoms in total. The fraction of sp³-hybridized carbons (Fsp3) is 0.222. The molecule has 1 heterocycles. The number of hydrogen-bond donors (Lipinski definition) is 1. The van der Waals surface area contributed by atoms with E-state index in [0.717, 1.165) is 5.56 Å². The van der Waals surface area contributed by atoms with E-state index in [2.05, 4.69) is 5.29 Å². The van der Waals surface area contributed by atoms with Crippen LogP contribution in [0.1, 0.15) is 21.5 Å². The Hall–Kier alpha value is -1.91. The van der Waals surface area contributed by atoms with Crippen molar-refractivity contribution in [2.75, 3.05) is 0 Å². The Morgan fingerprint density at radius 1 is 1.43 bits per heavy atom. The Kier molecular flexibility index (Phi) is 1.92. The van der Waals surface area contributed by atoms with Crippen molar-refractivity contribution in [3.63, 3.8) is 0 Å². The van der Waals surface area contributed by atoms with Crippen LogP contribution in [-0.2, 0) is 13.1 Å². The lowest BCUT2D eigenvalue weighted by molar-refractivity contribution is 0.0695. The first-order valence-electron chi connectivity index (χ1n) is 4.14. The molecule has 5 heteroatoms. The number of rotatable bonds is 2. The van der Waals surface area contributed by atoms with Crippen LogP contribution in [0, 0.1) is 4.91 Å². The number of fused-ring (bicyclic) bond motifs is 1. The average molecular weight is 192 g/mol. The van der Waals surface area contributed by atoms with E-state index in [-0.39, 0.29) is 5.56 Å². The van der Waals surface area contributed by atoms with Crippen molar-refractivity contribution in [1.29, 1.82) is 0 Å². The Morgan fingerprint density at radius 2 is 2.21 bits per heavy atom. The van der Waals surface area contributed by atoms with Crippen LogP contribution in [0.4, 0.5) is 0 Å². The fourth-order valence-corrected chi connectivity index (χ4v) is 1.66. The molecular formula is C9H8N2O3. The second kappa shape index (κ2) is 3.10. The second-order valence-electron chi connectivity index (χ2n) is 3.15. The van der Waals surface area contributed by atoms with E-state index < -0.39 is 5.97 Å². The van der Waals surface area contributed by atoms with Crippen LogP contribution in [0.2, 0.25) is 0 Å². The number of nitroso groups, excluding NO2 is 1. The minimum absolute atomic E-state index is 0.258. The van der Waals surface area contributed by atoms with Crippen LogP contribution in [0.15, 0.2) is 23.5 Å². The van der Waals surface area contributed by atoms with E-state index in [1.165, 1.54) is 11.1 Å². The molecule has 1 aliphatic heterocycles. The molecule has 1 aromatic rings. The Labute approximate surface area is 79.9 Å². The van der Waals surface area contributed by atoms with Crippen LogP contribution in [0.25, 0.3) is 0 Å². The number of nitrogens with zero attached hydrogens (tertiary/aromatic N) is 2. The first-order valence-corrected chi connectivity index (χ1v) is 4.14. The third-order valence-corrected chi connectivity index (χ3v) is 2.31. The van der Waals surface area contributed by atoms with Gasteiger partial charge in [-0.1, -0.05) is 12.1 Å². The highest BCUT2D eigenvalue weighted by atomic mass is 16.4. The van der Waals surface area contributed by atoms with E-state index >= 15 is 0 Å². The molecule has 0 bridgehead atoms. The first-order chi connectivity index (χ1) is 6.72. The molecule has 0 spiro atoms. The number of benzene rings is 1. The Bertz CT molecular complexity index is 403. The monoisotopic (exact) mass is 192 g/mol. The predicted octanol–water partition coefficient (Wildman–Crippen LogP) is 1.38. The lowest BCUT2D eigenvalue weighted by Crippen LogP contribution is -2.07. The molecule has 0 radical (unpaired) electrons. The maximum absolute atomic E-state index is 10.8. The largest absolute Gasteiger partial charge is 0.478 e. The van der Waals surface area contributed by atoms with Gasteiger partial charge in [-0.15, -0.1) is 4.91 Å². The van der Waals surface area contributed by atoms with Crippen molar-refractivity contribution >= 4 is 5.97 Å². The normalized spacial score (nSPS) is 13.9. The topological polar surface area (TPSA) is 70.0 Å². The van der Waals surface area contributed by atoms with Gasteiger partial charge in [0.1, 0.15) is 0 Å². The smallest absolute Gasteiger partial charge is 0.336 e. The van der Waals surface area contributed by atoms with Crippen LogP contribution >= 0.6 is 0 Å². The van der Waals surface area contributed by atoms with Gasteiger partial charge in [-0.2, -0.15) is 0 Å². The molecule has 0 saturated carbocycles. The summed E-state index contributed by atoms with van der Waals surface area (Å²) in [5.41, 5.74) is 1.82. The van der Waals surface area contributed by atoms with Gasteiger partial charge < -0.3 is 5.11 Å². The number of carboxylic acid groups (broad SMARTS) is 1. The van der Waals surface area contributed by atoms with Gasteiger partial charge in [0.2, 0.25) is 0 Å². The minimum atomic E-state index is -0.963. The molecule has 1 aliphatic rings. The molecule has 0 amide bonds. The van der Waals surface area contributed by atoms with Crippen molar-refractivity contribution in [3.8, 4) is 0 Å². The molecule has 0 aliphatic carbocycles. The number of carbonyl (C=O) groups is 1. The molecule has 0 unspecified atom stereocenters. The third-order valence-electron chi connectivity index (χ3n) is 2.31. The summed E-state index contributed by atoms with van der Waals surface area (Å²) in [6.45, 7) is 0.696. The maximum Gasteiger partial charge on any atom is 0.336 e. The Balaban J connectivity index is 2.46. The molecule has 1 aromatic carbocycles. The zero-order valence-corrected chi connectivity index (χ0v) is 7.30. The van der Waals surface area contributed by atoms with Gasteiger partial charge in [0.05, 0.1) is 23.9 Å². The number of hydrogen-bond acceptors (Lipinski definition) is 3. The van der Waals surface area contributed by atoms with Gasteiger partial charge in [-0.25, -0.2) is 4.79 Å². The van der Waals surface area contributed by atoms with Crippen LogP contribution in [0.5, 0.6) is 0 Å². The van der Waals surface area contributed by atoms with E-state index in [1.54, 1.807) is 6.07 Å². The third kappa shape index (κ3) is 1.22. The summed E-state index contributed by atoms with van der Waals surface area (Å²) >= 11 is 0. The summed E-state index contributed by atoms with van der Waals surface area (Å²) in [7, 11) is 0. The second-order valence-corrected chi connectivity index (χ2v) is 3.15. The van der Waals surface area contributed by atoms with E-state index in [4.69, 9.17) is 5.11 Å². The fourth-order valence-electron chi connectivity index (χ4n) is 1.66. The average Bonchev–Trinajstić information content (AvgIpc) is 2.59. The predicted molar refractivity (Wildman–Crippen MR) is 48.4 cm³/mol. The van der Waals surface area contributed by atoms with Crippen LogP contribution in [-0.4, -0.2) is 16.1 Å². The molecule has 0 aromatic heterocycles. The van der Waals surface area contributed by atoms with Crippen molar-refractivity contribution in [2.24, 2.45) is 5.29 Å². The molecule has 1 N–H and O–H groups in total. The summed E-state index contributed by atoms with van der Waals surface area (Å²) in [4.78, 5) is 21.1. The summed E-state index contributed by atoms with van der Waals surface area (Å²) in [5.74, 6) is -0.963. The van der Waals surface area contributed by atoms with Gasteiger partial charge in [-0.05, 0) is 17.2 Å². The van der Waals surface area contributed by atoms with Crippen molar-refractivity contribution in [3.05, 3.63) is 39.8 Å². The van der Waals surface area contributed by atoms with Gasteiger partial charge in [0.25, 0.3) is 0 Å². The summed E-state index contributed by atoms with van der Waals surface area (Å²) < 4.78 is 0. The number of aromatic carboxylic acids is 1. The molecular weight excluding hydrogens is 184 g/mol.